The smallest absolute Gasteiger partial charge is 0.471 e. The fraction of sp³-hybridized carbons (Fsp3) is 0.267. The van der Waals surface area contributed by atoms with E-state index in [-0.39, 0.29) is 35.4 Å². The molecular formula is C30H26F4N2O5. The number of ketones is 1. The van der Waals surface area contributed by atoms with Gasteiger partial charge in [-0.05, 0) is 59.9 Å². The predicted octanol–water partition coefficient (Wildman–Crippen LogP) is 6.31. The van der Waals surface area contributed by atoms with Crippen LogP contribution in [0.5, 0.6) is 17.2 Å². The van der Waals surface area contributed by atoms with Crippen LogP contribution in [0, 0.1) is 5.82 Å². The lowest BCUT2D eigenvalue weighted by atomic mass is 9.78. The summed E-state index contributed by atoms with van der Waals surface area (Å²) in [5, 5.41) is 3.14. The van der Waals surface area contributed by atoms with E-state index in [1.807, 2.05) is 0 Å². The number of benzene rings is 3. The first-order valence-corrected chi connectivity index (χ1v) is 12.6. The molecule has 0 spiro atoms. The van der Waals surface area contributed by atoms with Crippen LogP contribution in [0.4, 0.5) is 28.9 Å². The van der Waals surface area contributed by atoms with Crippen LogP contribution in [0.3, 0.4) is 0 Å². The van der Waals surface area contributed by atoms with Crippen LogP contribution in [0.25, 0.3) is 0 Å². The minimum atomic E-state index is -5.26. The second-order valence-electron chi connectivity index (χ2n) is 9.65. The summed E-state index contributed by atoms with van der Waals surface area (Å²) < 4.78 is 72.8. The summed E-state index contributed by atoms with van der Waals surface area (Å²) in [4.78, 5) is 27.5. The third-order valence-electron chi connectivity index (χ3n) is 7.27. The molecule has 3 aromatic rings. The van der Waals surface area contributed by atoms with Gasteiger partial charge in [-0.2, -0.15) is 13.2 Å². The SMILES string of the molecule is COc1cc([C@@H]2CC(=O)C3=C(C2)Nc2ccccc2N(C(=O)C(F)(F)F)[C@H]3c2cccc(F)c2)cc(OC)c1OC. The van der Waals surface area contributed by atoms with Gasteiger partial charge in [0.05, 0.1) is 38.7 Å². The van der Waals surface area contributed by atoms with Crippen molar-refractivity contribution in [1.29, 1.82) is 0 Å². The first-order chi connectivity index (χ1) is 19.6. The Morgan fingerprint density at radius 3 is 2.20 bits per heavy atom. The van der Waals surface area contributed by atoms with Crippen molar-refractivity contribution < 1.29 is 41.4 Å². The van der Waals surface area contributed by atoms with E-state index in [2.05, 4.69) is 5.32 Å². The molecule has 3 aromatic carbocycles. The molecule has 214 valence electrons. The summed E-state index contributed by atoms with van der Waals surface area (Å²) in [7, 11) is 4.40. The maximum Gasteiger partial charge on any atom is 0.471 e. The first-order valence-electron chi connectivity index (χ1n) is 12.6. The number of ether oxygens (including phenoxy) is 3. The molecule has 0 saturated carbocycles. The summed E-state index contributed by atoms with van der Waals surface area (Å²) in [5.41, 5.74) is 1.13. The van der Waals surface area contributed by atoms with Gasteiger partial charge in [0.25, 0.3) is 0 Å². The number of rotatable bonds is 5. The van der Waals surface area contributed by atoms with Crippen LogP contribution in [-0.2, 0) is 9.59 Å². The molecule has 0 unspecified atom stereocenters. The number of nitrogens with zero attached hydrogens (tertiary/aromatic N) is 1. The molecule has 11 heteroatoms. The lowest BCUT2D eigenvalue weighted by Gasteiger charge is -2.35. The number of methoxy groups -OCH3 is 3. The standard InChI is InChI=1S/C30H26F4N2O5/c1-39-24-14-18(15-25(40-2)28(24)41-3)17-12-21-26(23(37)13-17)27(16-7-6-8-19(31)11-16)36(29(38)30(32,33)34)22-10-5-4-9-20(22)35-21/h4-11,14-15,17,27,35H,12-13H2,1-3H3/t17-,27-/m0/s1. The lowest BCUT2D eigenvalue weighted by Crippen LogP contribution is -2.45. The number of amides is 1. The van der Waals surface area contributed by atoms with Gasteiger partial charge < -0.3 is 19.5 Å². The van der Waals surface area contributed by atoms with Crippen LogP contribution < -0.4 is 24.4 Å². The van der Waals surface area contributed by atoms with Gasteiger partial charge >= 0.3 is 12.1 Å². The van der Waals surface area contributed by atoms with Crippen molar-refractivity contribution in [3.63, 3.8) is 0 Å². The lowest BCUT2D eigenvalue weighted by molar-refractivity contribution is -0.170. The van der Waals surface area contributed by atoms with E-state index >= 15 is 0 Å². The van der Waals surface area contributed by atoms with Crippen molar-refractivity contribution in [3.05, 3.63) is 88.9 Å². The molecule has 1 amide bonds. The van der Waals surface area contributed by atoms with E-state index in [1.165, 1.54) is 51.7 Å². The zero-order chi connectivity index (χ0) is 29.5. The van der Waals surface area contributed by atoms with Gasteiger partial charge in [-0.1, -0.05) is 24.3 Å². The molecule has 1 heterocycles. The molecule has 7 nitrogen and oxygen atoms in total. The average Bonchev–Trinajstić information content (AvgIpc) is 3.10. The van der Waals surface area contributed by atoms with Crippen LogP contribution in [0.2, 0.25) is 0 Å². The molecule has 0 saturated heterocycles. The van der Waals surface area contributed by atoms with E-state index in [9.17, 15) is 27.2 Å². The number of hydrogen-bond acceptors (Lipinski definition) is 6. The third kappa shape index (κ3) is 5.07. The molecule has 5 rings (SSSR count). The molecule has 0 radical (unpaired) electrons. The Morgan fingerprint density at radius 2 is 1.59 bits per heavy atom. The van der Waals surface area contributed by atoms with E-state index in [1.54, 1.807) is 18.2 Å². The first kappa shape index (κ1) is 28.0. The number of hydrogen-bond donors (Lipinski definition) is 1. The molecule has 1 N–H and O–H groups in total. The fourth-order valence-corrected chi connectivity index (χ4v) is 5.52. The highest BCUT2D eigenvalue weighted by atomic mass is 19.4. The van der Waals surface area contributed by atoms with Crippen molar-refractivity contribution in [1.82, 2.24) is 0 Å². The Kier molecular flexibility index (Phi) is 7.37. The molecule has 2 atom stereocenters. The Labute approximate surface area is 233 Å². The van der Waals surface area contributed by atoms with Crippen LogP contribution in [0.15, 0.2) is 71.9 Å². The Morgan fingerprint density at radius 1 is 0.902 bits per heavy atom. The van der Waals surface area contributed by atoms with E-state index < -0.39 is 35.6 Å². The summed E-state index contributed by atoms with van der Waals surface area (Å²) in [6, 6.07) is 12.8. The molecule has 2 aliphatic rings. The highest BCUT2D eigenvalue weighted by Gasteiger charge is 2.50. The second kappa shape index (κ2) is 10.8. The maximum atomic E-state index is 14.4. The maximum absolute atomic E-state index is 14.4. The summed E-state index contributed by atoms with van der Waals surface area (Å²) in [6.07, 6.45) is -5.15. The van der Waals surface area contributed by atoms with Gasteiger partial charge in [0.15, 0.2) is 17.3 Å². The number of para-hydroxylation sites is 2. The molecular weight excluding hydrogens is 544 g/mol. The highest BCUT2D eigenvalue weighted by molar-refractivity contribution is 6.07. The highest BCUT2D eigenvalue weighted by Crippen LogP contribution is 2.50. The van der Waals surface area contributed by atoms with E-state index in [4.69, 9.17) is 14.2 Å². The van der Waals surface area contributed by atoms with Crippen LogP contribution in [-0.4, -0.2) is 39.2 Å². The molecule has 0 aromatic heterocycles. The minimum absolute atomic E-state index is 0.0342. The number of alkyl halides is 3. The van der Waals surface area contributed by atoms with Gasteiger partial charge in [-0.3, -0.25) is 14.5 Å². The number of fused-ring (bicyclic) bond motifs is 1. The van der Waals surface area contributed by atoms with E-state index in [0.29, 0.717) is 33.4 Å². The summed E-state index contributed by atoms with van der Waals surface area (Å²) >= 11 is 0. The van der Waals surface area contributed by atoms with Gasteiger partial charge in [0.2, 0.25) is 5.75 Å². The van der Waals surface area contributed by atoms with Crippen molar-refractivity contribution in [2.24, 2.45) is 0 Å². The molecule has 1 aliphatic carbocycles. The van der Waals surface area contributed by atoms with Crippen molar-refractivity contribution in [2.75, 3.05) is 31.5 Å². The zero-order valence-electron chi connectivity index (χ0n) is 22.3. The van der Waals surface area contributed by atoms with E-state index in [0.717, 1.165) is 12.1 Å². The second-order valence-corrected chi connectivity index (χ2v) is 9.65. The molecule has 1 aliphatic heterocycles. The number of allylic oxidation sites excluding steroid dienone is 1. The van der Waals surface area contributed by atoms with Gasteiger partial charge in [0, 0.05) is 17.7 Å². The number of carbonyl (C=O) groups excluding carboxylic acids is 2. The Hall–Kier alpha value is -4.54. The third-order valence-corrected chi connectivity index (χ3v) is 7.27. The summed E-state index contributed by atoms with van der Waals surface area (Å²) in [6.45, 7) is 0. The Balaban J connectivity index is 1.71. The number of carbonyl (C=O) groups is 2. The number of anilines is 2. The number of halogens is 4. The predicted molar refractivity (Wildman–Crippen MR) is 143 cm³/mol. The molecule has 41 heavy (non-hydrogen) atoms. The van der Waals surface area contributed by atoms with Crippen molar-refractivity contribution >= 4 is 23.1 Å². The van der Waals surface area contributed by atoms with Gasteiger partial charge in [0.1, 0.15) is 5.82 Å². The largest absolute Gasteiger partial charge is 0.493 e. The number of Topliss-reactive ketones (excluding diaryl/α,β-unsaturated/α-hetero) is 1. The minimum Gasteiger partial charge on any atom is -0.493 e. The summed E-state index contributed by atoms with van der Waals surface area (Å²) in [5.74, 6) is -2.66. The van der Waals surface area contributed by atoms with Crippen molar-refractivity contribution in [2.45, 2.75) is 31.0 Å². The zero-order valence-corrected chi connectivity index (χ0v) is 22.3. The fourth-order valence-electron chi connectivity index (χ4n) is 5.52. The van der Waals surface area contributed by atoms with Gasteiger partial charge in [-0.25, -0.2) is 4.39 Å². The average molecular weight is 571 g/mol. The topological polar surface area (TPSA) is 77.1 Å². The van der Waals surface area contributed by atoms with Crippen LogP contribution in [0.1, 0.15) is 35.9 Å². The number of nitrogens with one attached hydrogen (secondary N) is 1. The van der Waals surface area contributed by atoms with Crippen LogP contribution >= 0.6 is 0 Å². The normalized spacial score (nSPS) is 18.6. The monoisotopic (exact) mass is 570 g/mol. The Bertz CT molecular complexity index is 1530. The van der Waals surface area contributed by atoms with Crippen molar-refractivity contribution in [3.8, 4) is 17.2 Å². The molecule has 0 bridgehead atoms. The quantitative estimate of drug-likeness (QED) is 0.362. The molecule has 0 fully saturated rings. The van der Waals surface area contributed by atoms with Gasteiger partial charge in [-0.15, -0.1) is 0 Å².